The first-order chi connectivity index (χ1) is 11.7. The van der Waals surface area contributed by atoms with E-state index in [4.69, 9.17) is 4.98 Å². The van der Waals surface area contributed by atoms with Crippen LogP contribution in [0, 0.1) is 6.92 Å². The van der Waals surface area contributed by atoms with Gasteiger partial charge in [0.2, 0.25) is 0 Å². The van der Waals surface area contributed by atoms with E-state index in [-0.39, 0.29) is 0 Å². The normalized spacial score (nSPS) is 14.6. The Kier molecular flexibility index (Phi) is 3.82. The molecule has 4 heterocycles. The van der Waals surface area contributed by atoms with E-state index in [1.165, 1.54) is 11.1 Å². The second-order valence-electron chi connectivity index (χ2n) is 6.28. The number of fused-ring (bicyclic) bond motifs is 1. The van der Waals surface area contributed by atoms with Crippen LogP contribution < -0.4 is 0 Å². The molecule has 1 aliphatic rings. The van der Waals surface area contributed by atoms with Gasteiger partial charge in [0, 0.05) is 74.6 Å². The van der Waals surface area contributed by atoms with Crippen molar-refractivity contribution in [3.63, 3.8) is 0 Å². The van der Waals surface area contributed by atoms with Gasteiger partial charge in [-0.15, -0.1) is 0 Å². The molecule has 3 aromatic rings. The maximum Gasteiger partial charge on any atom is 0.160 e. The number of hydrogen-bond acceptors (Lipinski definition) is 5. The Labute approximate surface area is 141 Å². The van der Waals surface area contributed by atoms with E-state index < -0.39 is 0 Å². The first-order valence-corrected chi connectivity index (χ1v) is 8.16. The lowest BCUT2D eigenvalue weighted by Gasteiger charge is -2.27. The summed E-state index contributed by atoms with van der Waals surface area (Å²) < 4.78 is 1.88. The van der Waals surface area contributed by atoms with Crippen LogP contribution in [0.25, 0.3) is 11.4 Å². The molecule has 0 fully saturated rings. The van der Waals surface area contributed by atoms with Gasteiger partial charge in [-0.1, -0.05) is 0 Å². The summed E-state index contributed by atoms with van der Waals surface area (Å²) in [5.74, 6) is 0.762. The quantitative estimate of drug-likeness (QED) is 0.740. The summed E-state index contributed by atoms with van der Waals surface area (Å²) in [6, 6.07) is 3.91. The van der Waals surface area contributed by atoms with Crippen molar-refractivity contribution in [2.24, 2.45) is 7.05 Å². The van der Waals surface area contributed by atoms with Crippen molar-refractivity contribution in [1.82, 2.24) is 29.6 Å². The molecule has 3 aromatic heterocycles. The molecule has 6 nitrogen and oxygen atoms in total. The molecule has 1 aliphatic heterocycles. The summed E-state index contributed by atoms with van der Waals surface area (Å²) in [4.78, 5) is 15.9. The fourth-order valence-corrected chi connectivity index (χ4v) is 3.19. The molecule has 0 amide bonds. The van der Waals surface area contributed by atoms with E-state index >= 15 is 0 Å². The van der Waals surface area contributed by atoms with E-state index in [2.05, 4.69) is 33.1 Å². The molecule has 0 unspecified atom stereocenters. The Hall–Kier alpha value is -2.60. The first-order valence-electron chi connectivity index (χ1n) is 8.16. The molecule has 0 atom stereocenters. The molecule has 0 radical (unpaired) electrons. The average Bonchev–Trinajstić information content (AvgIpc) is 2.92. The fourth-order valence-electron chi connectivity index (χ4n) is 3.19. The Morgan fingerprint density at radius 1 is 1.25 bits per heavy atom. The maximum atomic E-state index is 4.75. The first kappa shape index (κ1) is 15.0. The van der Waals surface area contributed by atoms with Crippen LogP contribution in [0.4, 0.5) is 0 Å². The molecule has 0 spiro atoms. The van der Waals surface area contributed by atoms with Gasteiger partial charge >= 0.3 is 0 Å². The third kappa shape index (κ3) is 2.92. The number of aromatic nitrogens is 5. The van der Waals surface area contributed by atoms with Crippen LogP contribution in [0.1, 0.15) is 22.5 Å². The standard InChI is InChI=1S/C18H20N6/c1-13-16(10-23(2)22-13)12-24-7-5-17-15(11-24)9-20-18(21-17)14-4-3-6-19-8-14/h3-4,6,8-10H,5,7,11-12H2,1-2H3. The average molecular weight is 320 g/mol. The Bertz CT molecular complexity index is 855. The predicted octanol–water partition coefficient (Wildman–Crippen LogP) is 2.14. The summed E-state index contributed by atoms with van der Waals surface area (Å²) in [5.41, 5.74) is 5.73. The number of pyridine rings is 1. The zero-order chi connectivity index (χ0) is 16.5. The van der Waals surface area contributed by atoms with Crippen molar-refractivity contribution in [2.75, 3.05) is 6.54 Å². The van der Waals surface area contributed by atoms with Gasteiger partial charge in [0.1, 0.15) is 0 Å². The summed E-state index contributed by atoms with van der Waals surface area (Å²) in [7, 11) is 1.97. The number of nitrogens with zero attached hydrogens (tertiary/aromatic N) is 6. The molecule has 6 heteroatoms. The van der Waals surface area contributed by atoms with Crippen LogP contribution in [0.5, 0.6) is 0 Å². The van der Waals surface area contributed by atoms with Crippen LogP contribution >= 0.6 is 0 Å². The van der Waals surface area contributed by atoms with Crippen molar-refractivity contribution < 1.29 is 0 Å². The van der Waals surface area contributed by atoms with Gasteiger partial charge in [-0.3, -0.25) is 14.6 Å². The van der Waals surface area contributed by atoms with Crippen LogP contribution in [-0.4, -0.2) is 36.2 Å². The Morgan fingerprint density at radius 2 is 2.17 bits per heavy atom. The lowest BCUT2D eigenvalue weighted by atomic mass is 10.1. The monoisotopic (exact) mass is 320 g/mol. The molecule has 4 rings (SSSR count). The van der Waals surface area contributed by atoms with Gasteiger partial charge in [-0.05, 0) is 19.1 Å². The summed E-state index contributed by atoms with van der Waals surface area (Å²) in [6.45, 7) is 4.88. The van der Waals surface area contributed by atoms with E-state index in [1.54, 1.807) is 6.20 Å². The minimum Gasteiger partial charge on any atom is -0.294 e. The lowest BCUT2D eigenvalue weighted by molar-refractivity contribution is 0.242. The molecule has 0 aliphatic carbocycles. The highest BCUT2D eigenvalue weighted by Crippen LogP contribution is 2.22. The number of aryl methyl sites for hydroxylation is 2. The number of rotatable bonds is 3. The molecular formula is C18H20N6. The van der Waals surface area contributed by atoms with Gasteiger partial charge in [0.05, 0.1) is 11.4 Å². The van der Waals surface area contributed by atoms with Gasteiger partial charge < -0.3 is 0 Å². The van der Waals surface area contributed by atoms with E-state index in [9.17, 15) is 0 Å². The van der Waals surface area contributed by atoms with E-state index in [0.717, 1.165) is 48.8 Å². The lowest BCUT2D eigenvalue weighted by Crippen LogP contribution is -2.31. The van der Waals surface area contributed by atoms with Crippen molar-refractivity contribution >= 4 is 0 Å². The third-order valence-corrected chi connectivity index (χ3v) is 4.44. The highest BCUT2D eigenvalue weighted by molar-refractivity contribution is 5.53. The number of hydrogen-bond donors (Lipinski definition) is 0. The SMILES string of the molecule is Cc1nn(C)cc1CN1CCc2nc(-c3cccnc3)ncc2C1. The third-order valence-electron chi connectivity index (χ3n) is 4.44. The zero-order valence-electron chi connectivity index (χ0n) is 14.0. The van der Waals surface area contributed by atoms with Crippen molar-refractivity contribution in [2.45, 2.75) is 26.4 Å². The molecule has 0 saturated heterocycles. The van der Waals surface area contributed by atoms with Crippen LogP contribution in [0.3, 0.4) is 0 Å². The molecule has 0 N–H and O–H groups in total. The minimum atomic E-state index is 0.762. The van der Waals surface area contributed by atoms with Crippen molar-refractivity contribution in [3.05, 3.63) is 59.4 Å². The Morgan fingerprint density at radius 3 is 2.92 bits per heavy atom. The molecule has 24 heavy (non-hydrogen) atoms. The summed E-state index contributed by atoms with van der Waals surface area (Å²) in [6.07, 6.45) is 8.59. The smallest absolute Gasteiger partial charge is 0.160 e. The topological polar surface area (TPSA) is 59.7 Å². The van der Waals surface area contributed by atoms with Gasteiger partial charge in [0.25, 0.3) is 0 Å². The largest absolute Gasteiger partial charge is 0.294 e. The summed E-state index contributed by atoms with van der Waals surface area (Å²) in [5, 5.41) is 4.43. The van der Waals surface area contributed by atoms with Crippen LogP contribution in [0.15, 0.2) is 36.9 Å². The highest BCUT2D eigenvalue weighted by atomic mass is 15.3. The van der Waals surface area contributed by atoms with Crippen LogP contribution in [0.2, 0.25) is 0 Å². The van der Waals surface area contributed by atoms with E-state index in [0.29, 0.717) is 0 Å². The van der Waals surface area contributed by atoms with Gasteiger partial charge in [-0.25, -0.2) is 9.97 Å². The minimum absolute atomic E-state index is 0.762. The van der Waals surface area contributed by atoms with E-state index in [1.807, 2.05) is 36.3 Å². The molecule has 0 bridgehead atoms. The Balaban J connectivity index is 1.53. The molecule has 0 aromatic carbocycles. The van der Waals surface area contributed by atoms with Crippen LogP contribution in [-0.2, 0) is 26.6 Å². The molecular weight excluding hydrogens is 300 g/mol. The fraction of sp³-hybridized carbons (Fsp3) is 0.333. The predicted molar refractivity (Wildman–Crippen MR) is 91.0 cm³/mol. The maximum absolute atomic E-state index is 4.75. The molecule has 122 valence electrons. The zero-order valence-corrected chi connectivity index (χ0v) is 14.0. The van der Waals surface area contributed by atoms with Gasteiger partial charge in [0.15, 0.2) is 5.82 Å². The highest BCUT2D eigenvalue weighted by Gasteiger charge is 2.20. The molecule has 0 saturated carbocycles. The summed E-state index contributed by atoms with van der Waals surface area (Å²) >= 11 is 0. The van der Waals surface area contributed by atoms with Crippen molar-refractivity contribution in [1.29, 1.82) is 0 Å². The van der Waals surface area contributed by atoms with Crippen molar-refractivity contribution in [3.8, 4) is 11.4 Å². The van der Waals surface area contributed by atoms with Gasteiger partial charge in [-0.2, -0.15) is 5.10 Å². The second-order valence-corrected chi connectivity index (χ2v) is 6.28. The second kappa shape index (κ2) is 6.13.